The van der Waals surface area contributed by atoms with Gasteiger partial charge in [0.1, 0.15) is 0 Å². The van der Waals surface area contributed by atoms with Crippen LogP contribution in [0.5, 0.6) is 0 Å². The Hall–Kier alpha value is -0.670. The first-order chi connectivity index (χ1) is 10.1. The smallest absolute Gasteiger partial charge is 0.179 e. The number of rotatable bonds is 3. The Labute approximate surface area is 136 Å². The molecule has 1 aromatic carbocycles. The molecule has 3 rings (SSSR count). The number of likely N-dealkylation sites (tertiary alicyclic amines) is 1. The lowest BCUT2D eigenvalue weighted by Gasteiger charge is -2.41. The number of benzene rings is 1. The molecule has 3 heteroatoms. The Morgan fingerprint density at radius 2 is 1.67 bits per heavy atom. The van der Waals surface area contributed by atoms with Crippen molar-refractivity contribution >= 4 is 21.7 Å². The SMILES string of the molecule is CC(C(=O)c1ccc(Br)cc1)N1CCC2(CCCC2)CC1. The molecule has 0 amide bonds. The fraction of sp³-hybridized carbons (Fsp3) is 0.611. The molecule has 1 saturated carbocycles. The lowest BCUT2D eigenvalue weighted by atomic mass is 9.76. The maximum absolute atomic E-state index is 12.6. The van der Waals surface area contributed by atoms with Crippen molar-refractivity contribution < 1.29 is 4.79 Å². The minimum Gasteiger partial charge on any atom is -0.293 e. The first-order valence-electron chi connectivity index (χ1n) is 8.14. The maximum atomic E-state index is 12.6. The van der Waals surface area contributed by atoms with Gasteiger partial charge in [0.05, 0.1) is 6.04 Å². The molecular formula is C18H24BrNO. The van der Waals surface area contributed by atoms with E-state index in [1.165, 1.54) is 38.5 Å². The van der Waals surface area contributed by atoms with Crippen molar-refractivity contribution in [2.45, 2.75) is 51.5 Å². The van der Waals surface area contributed by atoms with E-state index in [4.69, 9.17) is 0 Å². The standard InChI is InChI=1S/C18H24BrNO/c1-14(17(21)15-4-6-16(19)7-5-15)20-12-10-18(11-13-20)8-2-3-9-18/h4-7,14H,2-3,8-13H2,1H3. The van der Waals surface area contributed by atoms with Crippen LogP contribution in [0.3, 0.4) is 0 Å². The van der Waals surface area contributed by atoms with Crippen molar-refractivity contribution in [3.8, 4) is 0 Å². The lowest BCUT2D eigenvalue weighted by molar-refractivity contribution is 0.0621. The minimum absolute atomic E-state index is 0.00456. The fourth-order valence-electron chi connectivity index (χ4n) is 4.03. The summed E-state index contributed by atoms with van der Waals surface area (Å²) in [5, 5.41) is 0. The molecule has 1 unspecified atom stereocenters. The van der Waals surface area contributed by atoms with Crippen LogP contribution in [-0.4, -0.2) is 29.8 Å². The number of carbonyl (C=O) groups is 1. The molecule has 0 bridgehead atoms. The van der Waals surface area contributed by atoms with Gasteiger partial charge in [0.25, 0.3) is 0 Å². The van der Waals surface area contributed by atoms with E-state index >= 15 is 0 Å². The van der Waals surface area contributed by atoms with E-state index in [0.717, 1.165) is 23.1 Å². The normalized spacial score (nSPS) is 23.3. The predicted octanol–water partition coefficient (Wildman–Crippen LogP) is 4.68. The summed E-state index contributed by atoms with van der Waals surface area (Å²) in [6.45, 7) is 4.24. The van der Waals surface area contributed by atoms with Crippen LogP contribution in [-0.2, 0) is 0 Å². The van der Waals surface area contributed by atoms with Gasteiger partial charge in [-0.15, -0.1) is 0 Å². The monoisotopic (exact) mass is 349 g/mol. The third-order valence-electron chi connectivity index (χ3n) is 5.58. The third-order valence-corrected chi connectivity index (χ3v) is 6.11. The summed E-state index contributed by atoms with van der Waals surface area (Å²) in [5.74, 6) is 0.255. The Morgan fingerprint density at radius 3 is 2.24 bits per heavy atom. The van der Waals surface area contributed by atoms with Gasteiger partial charge >= 0.3 is 0 Å². The highest BCUT2D eigenvalue weighted by Gasteiger charge is 2.38. The summed E-state index contributed by atoms with van der Waals surface area (Å²) in [5.41, 5.74) is 1.45. The zero-order chi connectivity index (χ0) is 14.9. The van der Waals surface area contributed by atoms with Gasteiger partial charge < -0.3 is 0 Å². The van der Waals surface area contributed by atoms with Crippen molar-refractivity contribution in [2.24, 2.45) is 5.41 Å². The molecule has 0 N–H and O–H groups in total. The van der Waals surface area contributed by atoms with Gasteiger partial charge in [0, 0.05) is 10.0 Å². The Balaban J connectivity index is 1.62. The van der Waals surface area contributed by atoms with E-state index in [9.17, 15) is 4.79 Å². The molecule has 0 aromatic heterocycles. The number of hydrogen-bond donors (Lipinski definition) is 0. The summed E-state index contributed by atoms with van der Waals surface area (Å²) in [4.78, 5) is 15.0. The molecule has 2 fully saturated rings. The number of Topliss-reactive ketones (excluding diaryl/α,β-unsaturated/α-hetero) is 1. The highest BCUT2D eigenvalue weighted by Crippen LogP contribution is 2.46. The second-order valence-electron chi connectivity index (χ2n) is 6.79. The van der Waals surface area contributed by atoms with Gasteiger partial charge in [-0.25, -0.2) is 0 Å². The molecule has 21 heavy (non-hydrogen) atoms. The van der Waals surface area contributed by atoms with Gasteiger partial charge in [-0.05, 0) is 63.2 Å². The molecule has 1 atom stereocenters. The summed E-state index contributed by atoms with van der Waals surface area (Å²) in [6.07, 6.45) is 8.21. The van der Waals surface area contributed by atoms with Crippen LogP contribution in [0.15, 0.2) is 28.7 Å². The zero-order valence-electron chi connectivity index (χ0n) is 12.8. The van der Waals surface area contributed by atoms with Crippen molar-refractivity contribution in [3.05, 3.63) is 34.3 Å². The summed E-state index contributed by atoms with van der Waals surface area (Å²) < 4.78 is 1.02. The number of halogens is 1. The van der Waals surface area contributed by atoms with Gasteiger partial charge in [-0.2, -0.15) is 0 Å². The van der Waals surface area contributed by atoms with Gasteiger partial charge in [-0.3, -0.25) is 9.69 Å². The average molecular weight is 350 g/mol. The van der Waals surface area contributed by atoms with Crippen molar-refractivity contribution in [3.63, 3.8) is 0 Å². The number of piperidine rings is 1. The quantitative estimate of drug-likeness (QED) is 0.738. The van der Waals surface area contributed by atoms with E-state index in [-0.39, 0.29) is 11.8 Å². The number of nitrogens with zero attached hydrogens (tertiary/aromatic N) is 1. The van der Waals surface area contributed by atoms with Crippen molar-refractivity contribution in [1.29, 1.82) is 0 Å². The third kappa shape index (κ3) is 3.24. The second kappa shape index (κ2) is 6.21. The fourth-order valence-corrected chi connectivity index (χ4v) is 4.30. The summed E-state index contributed by atoms with van der Waals surface area (Å²) in [7, 11) is 0. The molecule has 1 aromatic rings. The Kier molecular flexibility index (Phi) is 4.51. The molecule has 1 spiro atoms. The Morgan fingerprint density at radius 1 is 1.10 bits per heavy atom. The van der Waals surface area contributed by atoms with Crippen LogP contribution in [0.25, 0.3) is 0 Å². The first kappa shape index (κ1) is 15.2. The summed E-state index contributed by atoms with van der Waals surface area (Å²) >= 11 is 3.42. The number of ketones is 1. The maximum Gasteiger partial charge on any atom is 0.179 e. The molecule has 1 heterocycles. The lowest BCUT2D eigenvalue weighted by Crippen LogP contribution is -2.46. The summed E-state index contributed by atoms with van der Waals surface area (Å²) in [6, 6.07) is 7.74. The van der Waals surface area contributed by atoms with E-state index in [2.05, 4.69) is 27.8 Å². The van der Waals surface area contributed by atoms with Gasteiger partial charge in [-0.1, -0.05) is 40.9 Å². The number of hydrogen-bond acceptors (Lipinski definition) is 2. The highest BCUT2D eigenvalue weighted by molar-refractivity contribution is 9.10. The number of carbonyl (C=O) groups excluding carboxylic acids is 1. The largest absolute Gasteiger partial charge is 0.293 e. The molecular weight excluding hydrogens is 326 g/mol. The second-order valence-corrected chi connectivity index (χ2v) is 7.71. The molecule has 1 aliphatic heterocycles. The van der Waals surface area contributed by atoms with Crippen LogP contribution < -0.4 is 0 Å². The molecule has 2 nitrogen and oxygen atoms in total. The first-order valence-corrected chi connectivity index (χ1v) is 8.93. The minimum atomic E-state index is 0.00456. The Bertz CT molecular complexity index is 494. The molecule has 2 aliphatic rings. The van der Waals surface area contributed by atoms with Crippen LogP contribution >= 0.6 is 15.9 Å². The topological polar surface area (TPSA) is 20.3 Å². The predicted molar refractivity (Wildman–Crippen MR) is 89.6 cm³/mol. The van der Waals surface area contributed by atoms with Gasteiger partial charge in [0.15, 0.2) is 5.78 Å². The average Bonchev–Trinajstić information content (AvgIpc) is 2.96. The van der Waals surface area contributed by atoms with Crippen LogP contribution in [0.4, 0.5) is 0 Å². The molecule has 114 valence electrons. The highest BCUT2D eigenvalue weighted by atomic mass is 79.9. The van der Waals surface area contributed by atoms with Gasteiger partial charge in [0.2, 0.25) is 0 Å². The van der Waals surface area contributed by atoms with Crippen LogP contribution in [0.1, 0.15) is 55.8 Å². The van der Waals surface area contributed by atoms with Crippen LogP contribution in [0.2, 0.25) is 0 Å². The van der Waals surface area contributed by atoms with Crippen molar-refractivity contribution in [1.82, 2.24) is 4.90 Å². The molecule has 0 radical (unpaired) electrons. The van der Waals surface area contributed by atoms with E-state index in [0.29, 0.717) is 5.41 Å². The molecule has 1 saturated heterocycles. The molecule has 1 aliphatic carbocycles. The van der Waals surface area contributed by atoms with E-state index < -0.39 is 0 Å². The van der Waals surface area contributed by atoms with E-state index in [1.807, 2.05) is 24.3 Å². The van der Waals surface area contributed by atoms with Crippen molar-refractivity contribution in [2.75, 3.05) is 13.1 Å². The van der Waals surface area contributed by atoms with Crippen LogP contribution in [0, 0.1) is 5.41 Å². The zero-order valence-corrected chi connectivity index (χ0v) is 14.4. The van der Waals surface area contributed by atoms with E-state index in [1.54, 1.807) is 0 Å².